The third-order valence-corrected chi connectivity index (χ3v) is 6.21. The highest BCUT2D eigenvalue weighted by atomic mass is 16.5. The summed E-state index contributed by atoms with van der Waals surface area (Å²) in [5.41, 5.74) is 5.10. The monoisotopic (exact) mass is 447 g/mol. The molecule has 0 aliphatic heterocycles. The van der Waals surface area contributed by atoms with Crippen LogP contribution in [0, 0.1) is 5.92 Å². The smallest absolute Gasteiger partial charge is 0.355 e. The third kappa shape index (κ3) is 4.90. The summed E-state index contributed by atoms with van der Waals surface area (Å²) in [6.45, 7) is 9.34. The summed E-state index contributed by atoms with van der Waals surface area (Å²) < 4.78 is 7.27. The number of fused-ring (bicyclic) bond motifs is 1. The van der Waals surface area contributed by atoms with Crippen molar-refractivity contribution >= 4 is 28.6 Å². The molecule has 174 valence electrons. The summed E-state index contributed by atoms with van der Waals surface area (Å²) in [4.78, 5) is 25.3. The van der Waals surface area contributed by atoms with Crippen molar-refractivity contribution in [3.63, 3.8) is 0 Å². The van der Waals surface area contributed by atoms with Crippen LogP contribution in [-0.2, 0) is 17.2 Å². The Hall–Kier alpha value is -3.28. The summed E-state index contributed by atoms with van der Waals surface area (Å²) >= 11 is 0. The third-order valence-electron chi connectivity index (χ3n) is 6.21. The van der Waals surface area contributed by atoms with E-state index in [-0.39, 0.29) is 17.4 Å². The normalized spacial score (nSPS) is 13.7. The molecule has 2 N–H and O–H groups in total. The van der Waals surface area contributed by atoms with Crippen LogP contribution in [0.15, 0.2) is 42.5 Å². The number of benzene rings is 2. The minimum Gasteiger partial charge on any atom is -0.461 e. The van der Waals surface area contributed by atoms with Crippen LogP contribution in [0.2, 0.25) is 0 Å². The summed E-state index contributed by atoms with van der Waals surface area (Å²) in [6.07, 6.45) is 2.37. The van der Waals surface area contributed by atoms with Crippen LogP contribution in [0.3, 0.4) is 0 Å². The Balaban J connectivity index is 1.77. The van der Waals surface area contributed by atoms with Crippen LogP contribution < -0.4 is 10.6 Å². The Morgan fingerprint density at radius 1 is 1.09 bits per heavy atom. The number of anilines is 1. The van der Waals surface area contributed by atoms with Crippen molar-refractivity contribution in [3.8, 4) is 11.1 Å². The number of urea groups is 1. The van der Waals surface area contributed by atoms with Gasteiger partial charge in [0.15, 0.2) is 0 Å². The molecule has 0 radical (unpaired) electrons. The highest BCUT2D eigenvalue weighted by molar-refractivity contribution is 6.10. The van der Waals surface area contributed by atoms with Crippen LogP contribution in [0.4, 0.5) is 10.5 Å². The van der Waals surface area contributed by atoms with Gasteiger partial charge in [-0.25, -0.2) is 9.59 Å². The molecule has 1 fully saturated rings. The molecular weight excluding hydrogens is 414 g/mol. The lowest BCUT2D eigenvalue weighted by Gasteiger charge is -2.19. The van der Waals surface area contributed by atoms with Crippen LogP contribution in [0.1, 0.15) is 56.6 Å². The first kappa shape index (κ1) is 22.9. The molecule has 1 aliphatic carbocycles. The number of nitrogens with one attached hydrogen (secondary N) is 2. The van der Waals surface area contributed by atoms with Gasteiger partial charge in [-0.05, 0) is 60.4 Å². The molecule has 4 rings (SSSR count). The Morgan fingerprint density at radius 3 is 2.39 bits per heavy atom. The number of amides is 2. The molecular formula is C27H33N3O3. The molecule has 1 heterocycles. The lowest BCUT2D eigenvalue weighted by atomic mass is 9.86. The fourth-order valence-electron chi connectivity index (χ4n) is 4.12. The maximum atomic E-state index is 13.0. The summed E-state index contributed by atoms with van der Waals surface area (Å²) in [5.74, 6) is 0.255. The largest absolute Gasteiger partial charge is 0.461 e. The number of carbonyl (C=O) groups is 2. The quantitative estimate of drug-likeness (QED) is 0.466. The second-order valence-corrected chi connectivity index (χ2v) is 9.84. The molecule has 1 saturated carbocycles. The van der Waals surface area contributed by atoms with Gasteiger partial charge in [-0.15, -0.1) is 0 Å². The Bertz CT molecular complexity index is 1180. The molecule has 2 amide bonds. The highest BCUT2D eigenvalue weighted by Gasteiger charge is 2.25. The molecule has 3 aromatic rings. The average Bonchev–Trinajstić information content (AvgIpc) is 3.55. The van der Waals surface area contributed by atoms with Gasteiger partial charge in [0.1, 0.15) is 5.69 Å². The molecule has 0 saturated heterocycles. The van der Waals surface area contributed by atoms with Crippen molar-refractivity contribution in [3.05, 3.63) is 53.7 Å². The predicted octanol–water partition coefficient (Wildman–Crippen LogP) is 5.85. The minimum atomic E-state index is -0.359. The Morgan fingerprint density at radius 2 is 1.79 bits per heavy atom. The van der Waals surface area contributed by atoms with Gasteiger partial charge in [0.25, 0.3) is 0 Å². The maximum absolute atomic E-state index is 13.0. The van der Waals surface area contributed by atoms with Crippen molar-refractivity contribution in [2.75, 3.05) is 18.5 Å². The van der Waals surface area contributed by atoms with Gasteiger partial charge in [0.05, 0.1) is 6.61 Å². The summed E-state index contributed by atoms with van der Waals surface area (Å²) in [5, 5.41) is 6.76. The molecule has 2 aromatic carbocycles. The van der Waals surface area contributed by atoms with Crippen molar-refractivity contribution in [2.24, 2.45) is 13.0 Å². The van der Waals surface area contributed by atoms with E-state index < -0.39 is 0 Å². The summed E-state index contributed by atoms with van der Waals surface area (Å²) in [6, 6.07) is 13.8. The average molecular weight is 448 g/mol. The zero-order valence-electron chi connectivity index (χ0n) is 20.1. The van der Waals surface area contributed by atoms with E-state index in [9.17, 15) is 9.59 Å². The molecule has 6 heteroatoms. The number of ether oxygens (including phenoxy) is 1. The van der Waals surface area contributed by atoms with E-state index >= 15 is 0 Å². The van der Waals surface area contributed by atoms with Gasteiger partial charge in [-0.3, -0.25) is 0 Å². The molecule has 1 aliphatic rings. The van der Waals surface area contributed by atoms with Crippen molar-refractivity contribution in [1.82, 2.24) is 9.88 Å². The van der Waals surface area contributed by atoms with Gasteiger partial charge in [0.2, 0.25) is 0 Å². The number of esters is 1. The zero-order valence-corrected chi connectivity index (χ0v) is 20.1. The van der Waals surface area contributed by atoms with Crippen molar-refractivity contribution < 1.29 is 14.3 Å². The fourth-order valence-corrected chi connectivity index (χ4v) is 4.12. The fraction of sp³-hybridized carbons (Fsp3) is 0.407. The van der Waals surface area contributed by atoms with Crippen LogP contribution >= 0.6 is 0 Å². The molecule has 1 aromatic heterocycles. The van der Waals surface area contributed by atoms with Gasteiger partial charge in [-0.1, -0.05) is 45.0 Å². The van der Waals surface area contributed by atoms with E-state index in [0.717, 1.165) is 22.0 Å². The lowest BCUT2D eigenvalue weighted by molar-refractivity contribution is 0.0517. The van der Waals surface area contributed by atoms with Crippen LogP contribution in [0.25, 0.3) is 22.0 Å². The van der Waals surface area contributed by atoms with Gasteiger partial charge < -0.3 is 19.9 Å². The number of nitrogens with zero attached hydrogens (tertiary/aromatic N) is 1. The number of aryl methyl sites for hydroxylation is 1. The topological polar surface area (TPSA) is 72.4 Å². The highest BCUT2D eigenvalue weighted by Crippen LogP contribution is 2.37. The minimum absolute atomic E-state index is 0.0339. The van der Waals surface area contributed by atoms with Crippen LogP contribution in [0.5, 0.6) is 0 Å². The summed E-state index contributed by atoms with van der Waals surface area (Å²) in [7, 11) is 1.87. The molecule has 0 spiro atoms. The first-order valence-electron chi connectivity index (χ1n) is 11.6. The van der Waals surface area contributed by atoms with Gasteiger partial charge in [0, 0.05) is 35.7 Å². The molecule has 0 unspecified atom stereocenters. The van der Waals surface area contributed by atoms with E-state index in [2.05, 4.69) is 55.7 Å². The lowest BCUT2D eigenvalue weighted by Crippen LogP contribution is -2.30. The van der Waals surface area contributed by atoms with E-state index in [1.54, 1.807) is 6.92 Å². The Kier molecular flexibility index (Phi) is 6.19. The molecule has 0 atom stereocenters. The number of carbonyl (C=O) groups excluding carboxylic acids is 2. The first-order chi connectivity index (χ1) is 15.7. The predicted molar refractivity (Wildman–Crippen MR) is 133 cm³/mol. The van der Waals surface area contributed by atoms with Gasteiger partial charge >= 0.3 is 12.0 Å². The number of rotatable bonds is 6. The number of hydrogen-bond acceptors (Lipinski definition) is 3. The van der Waals surface area contributed by atoms with Crippen molar-refractivity contribution in [1.29, 1.82) is 0 Å². The molecule has 0 bridgehead atoms. The van der Waals surface area contributed by atoms with Crippen LogP contribution in [-0.4, -0.2) is 29.7 Å². The first-order valence-corrected chi connectivity index (χ1v) is 11.6. The Labute approximate surface area is 195 Å². The molecule has 6 nitrogen and oxygen atoms in total. The number of aromatic nitrogens is 1. The molecule has 33 heavy (non-hydrogen) atoms. The SMILES string of the molecule is CCOC(=O)c1c(-c2ccc(C(C)(C)C)cc2)c2cc(NC(=O)NCC3CC3)ccc2n1C. The zero-order chi connectivity index (χ0) is 23.8. The standard InChI is InChI=1S/C27H33N3O3/c1-6-33-25(31)24-23(18-9-11-19(12-10-18)27(2,3)4)21-15-20(13-14-22(21)30(24)5)29-26(32)28-16-17-7-8-17/h9-15,17H,6-8,16H2,1-5H3,(H2,28,29,32). The maximum Gasteiger partial charge on any atom is 0.355 e. The van der Waals surface area contributed by atoms with E-state index in [4.69, 9.17) is 4.74 Å². The van der Waals surface area contributed by atoms with E-state index in [1.807, 2.05) is 29.8 Å². The second-order valence-electron chi connectivity index (χ2n) is 9.84. The second kappa shape index (κ2) is 8.93. The van der Waals surface area contributed by atoms with E-state index in [1.165, 1.54) is 18.4 Å². The van der Waals surface area contributed by atoms with E-state index in [0.29, 0.717) is 30.5 Å². The van der Waals surface area contributed by atoms with Gasteiger partial charge in [-0.2, -0.15) is 0 Å². The van der Waals surface area contributed by atoms with Crippen molar-refractivity contribution in [2.45, 2.75) is 46.0 Å². The number of hydrogen-bond donors (Lipinski definition) is 2.